The Balaban J connectivity index is 2.27. The molecule has 0 aliphatic heterocycles. The number of sulfone groups is 1. The molecule has 0 spiro atoms. The molecule has 0 bridgehead atoms. The van der Waals surface area contributed by atoms with Gasteiger partial charge in [-0.05, 0) is 42.8 Å². The molecular formula is C18H13F4NO3S. The maximum atomic E-state index is 14.6. The SMILES string of the molecule is Cc1cc(-c2noc(CF)c2-c2cc(F)c(S(C)(=O)=O)cc2F)ccc1F. The third kappa shape index (κ3) is 3.46. The van der Waals surface area contributed by atoms with Gasteiger partial charge in [0.1, 0.15) is 28.0 Å². The molecule has 3 rings (SSSR count). The molecule has 142 valence electrons. The molecule has 27 heavy (non-hydrogen) atoms. The zero-order valence-electron chi connectivity index (χ0n) is 14.2. The summed E-state index contributed by atoms with van der Waals surface area (Å²) in [6, 6.07) is 5.07. The van der Waals surface area contributed by atoms with Crippen LogP contribution in [0, 0.1) is 24.4 Å². The number of aryl methyl sites for hydroxylation is 1. The third-order valence-electron chi connectivity index (χ3n) is 4.01. The van der Waals surface area contributed by atoms with Crippen molar-refractivity contribution in [2.75, 3.05) is 6.26 Å². The van der Waals surface area contributed by atoms with Crippen molar-refractivity contribution >= 4 is 9.84 Å². The number of halogens is 4. The van der Waals surface area contributed by atoms with E-state index in [4.69, 9.17) is 4.52 Å². The van der Waals surface area contributed by atoms with Gasteiger partial charge in [-0.15, -0.1) is 0 Å². The fourth-order valence-corrected chi connectivity index (χ4v) is 3.42. The summed E-state index contributed by atoms with van der Waals surface area (Å²) in [6.45, 7) is 0.340. The zero-order chi connectivity index (χ0) is 19.9. The van der Waals surface area contributed by atoms with E-state index in [0.717, 1.165) is 12.3 Å². The van der Waals surface area contributed by atoms with E-state index in [1.54, 1.807) is 0 Å². The normalized spacial score (nSPS) is 11.8. The van der Waals surface area contributed by atoms with Gasteiger partial charge in [0.15, 0.2) is 22.3 Å². The van der Waals surface area contributed by atoms with Crippen molar-refractivity contribution in [3.8, 4) is 22.4 Å². The Labute approximate surface area is 152 Å². The van der Waals surface area contributed by atoms with E-state index in [1.807, 2.05) is 0 Å². The van der Waals surface area contributed by atoms with E-state index < -0.39 is 44.4 Å². The van der Waals surface area contributed by atoms with Gasteiger partial charge in [0, 0.05) is 17.4 Å². The summed E-state index contributed by atoms with van der Waals surface area (Å²) in [5, 5.41) is 3.70. The van der Waals surface area contributed by atoms with Gasteiger partial charge in [0.05, 0.1) is 5.56 Å². The minimum atomic E-state index is -4.00. The van der Waals surface area contributed by atoms with Crippen molar-refractivity contribution in [1.29, 1.82) is 0 Å². The first-order valence-corrected chi connectivity index (χ1v) is 9.53. The van der Waals surface area contributed by atoms with Crippen LogP contribution in [0.4, 0.5) is 17.6 Å². The molecule has 0 atom stereocenters. The van der Waals surface area contributed by atoms with Crippen molar-refractivity contribution in [3.05, 3.63) is 59.1 Å². The van der Waals surface area contributed by atoms with Crippen LogP contribution in [0.15, 0.2) is 39.8 Å². The van der Waals surface area contributed by atoms with Crippen LogP contribution in [-0.4, -0.2) is 19.8 Å². The van der Waals surface area contributed by atoms with Crippen LogP contribution in [0.3, 0.4) is 0 Å². The molecule has 0 radical (unpaired) electrons. The second-order valence-corrected chi connectivity index (χ2v) is 7.95. The van der Waals surface area contributed by atoms with Crippen LogP contribution in [0.2, 0.25) is 0 Å². The van der Waals surface area contributed by atoms with Crippen molar-refractivity contribution in [3.63, 3.8) is 0 Å². The smallest absolute Gasteiger partial charge is 0.178 e. The third-order valence-corrected chi connectivity index (χ3v) is 5.12. The quantitative estimate of drug-likeness (QED) is 0.602. The van der Waals surface area contributed by atoms with Crippen molar-refractivity contribution in [1.82, 2.24) is 5.16 Å². The van der Waals surface area contributed by atoms with E-state index in [-0.39, 0.29) is 22.6 Å². The maximum absolute atomic E-state index is 14.6. The molecule has 0 N–H and O–H groups in total. The first-order valence-electron chi connectivity index (χ1n) is 7.64. The molecule has 0 aliphatic carbocycles. The molecule has 0 unspecified atom stereocenters. The standard InChI is InChI=1S/C18H13F4NO3S/c1-9-5-10(3-4-12(9)20)18-17(15(8-19)26-23-18)11-6-14(22)16(7-13(11)21)27(2,24)25/h3-7H,8H2,1-2H3. The summed E-state index contributed by atoms with van der Waals surface area (Å²) in [4.78, 5) is -0.818. The molecule has 0 fully saturated rings. The number of rotatable bonds is 4. The molecule has 3 aromatic rings. The van der Waals surface area contributed by atoms with E-state index >= 15 is 0 Å². The van der Waals surface area contributed by atoms with Crippen LogP contribution in [-0.2, 0) is 16.5 Å². The molecule has 0 aliphatic rings. The van der Waals surface area contributed by atoms with Gasteiger partial charge in [-0.1, -0.05) is 5.16 Å². The Hall–Kier alpha value is -2.68. The first-order chi connectivity index (χ1) is 12.6. The molecule has 0 amide bonds. The van der Waals surface area contributed by atoms with Gasteiger partial charge in [-0.2, -0.15) is 0 Å². The number of aromatic nitrogens is 1. The Morgan fingerprint density at radius 2 is 1.74 bits per heavy atom. The maximum Gasteiger partial charge on any atom is 0.178 e. The summed E-state index contributed by atoms with van der Waals surface area (Å²) in [5.74, 6) is -3.13. The fraction of sp³-hybridized carbons (Fsp3) is 0.167. The molecule has 0 saturated carbocycles. The van der Waals surface area contributed by atoms with Gasteiger partial charge < -0.3 is 4.52 Å². The molecule has 1 heterocycles. The highest BCUT2D eigenvalue weighted by Gasteiger charge is 2.25. The molecular weight excluding hydrogens is 386 g/mol. The molecule has 9 heteroatoms. The average molecular weight is 399 g/mol. The highest BCUT2D eigenvalue weighted by atomic mass is 32.2. The minimum absolute atomic E-state index is 0.0174. The van der Waals surface area contributed by atoms with Crippen LogP contribution < -0.4 is 0 Å². The van der Waals surface area contributed by atoms with Crippen LogP contribution >= 0.6 is 0 Å². The summed E-state index contributed by atoms with van der Waals surface area (Å²) >= 11 is 0. The van der Waals surface area contributed by atoms with E-state index in [0.29, 0.717) is 17.7 Å². The minimum Gasteiger partial charge on any atom is -0.357 e. The second-order valence-electron chi connectivity index (χ2n) is 5.96. The first kappa shape index (κ1) is 19.1. The Kier molecular flexibility index (Phi) is 4.81. The average Bonchev–Trinajstić information content (AvgIpc) is 3.01. The monoisotopic (exact) mass is 399 g/mol. The predicted molar refractivity (Wildman–Crippen MR) is 89.9 cm³/mol. The Bertz CT molecular complexity index is 1140. The number of nitrogens with zero attached hydrogens (tertiary/aromatic N) is 1. The Morgan fingerprint density at radius 3 is 2.33 bits per heavy atom. The number of benzene rings is 2. The summed E-state index contributed by atoms with van der Waals surface area (Å²) in [7, 11) is -4.00. The van der Waals surface area contributed by atoms with Crippen LogP contribution in [0.25, 0.3) is 22.4 Å². The lowest BCUT2D eigenvalue weighted by Gasteiger charge is -2.09. The molecule has 0 saturated heterocycles. The van der Waals surface area contributed by atoms with Gasteiger partial charge in [0.25, 0.3) is 0 Å². The topological polar surface area (TPSA) is 60.2 Å². The lowest BCUT2D eigenvalue weighted by atomic mass is 9.97. The van der Waals surface area contributed by atoms with Gasteiger partial charge >= 0.3 is 0 Å². The molecule has 4 nitrogen and oxygen atoms in total. The largest absolute Gasteiger partial charge is 0.357 e. The predicted octanol–water partition coefficient (Wildman–Crippen LogP) is 4.61. The highest BCUT2D eigenvalue weighted by molar-refractivity contribution is 7.90. The van der Waals surface area contributed by atoms with E-state index in [9.17, 15) is 26.0 Å². The molecule has 1 aromatic heterocycles. The zero-order valence-corrected chi connectivity index (χ0v) is 15.0. The lowest BCUT2D eigenvalue weighted by Crippen LogP contribution is -2.03. The summed E-state index contributed by atoms with van der Waals surface area (Å²) in [6.07, 6.45) is 0.740. The molecule has 2 aromatic carbocycles. The van der Waals surface area contributed by atoms with Gasteiger partial charge in [-0.25, -0.2) is 26.0 Å². The van der Waals surface area contributed by atoms with Gasteiger partial charge in [-0.3, -0.25) is 0 Å². The second kappa shape index (κ2) is 6.80. The lowest BCUT2D eigenvalue weighted by molar-refractivity contribution is 0.332. The van der Waals surface area contributed by atoms with Crippen molar-refractivity contribution in [2.45, 2.75) is 18.5 Å². The van der Waals surface area contributed by atoms with Crippen molar-refractivity contribution in [2.24, 2.45) is 0 Å². The highest BCUT2D eigenvalue weighted by Crippen LogP contribution is 2.38. The number of hydrogen-bond acceptors (Lipinski definition) is 4. The van der Waals surface area contributed by atoms with E-state index in [2.05, 4.69) is 5.16 Å². The van der Waals surface area contributed by atoms with Crippen LogP contribution in [0.1, 0.15) is 11.3 Å². The fourth-order valence-electron chi connectivity index (χ4n) is 2.69. The summed E-state index contributed by atoms with van der Waals surface area (Å²) < 4.78 is 83.7. The Morgan fingerprint density at radius 1 is 1.04 bits per heavy atom. The number of alkyl halides is 1. The number of hydrogen-bond donors (Lipinski definition) is 0. The summed E-state index contributed by atoms with van der Waals surface area (Å²) in [5.41, 5.74) is -0.0245. The van der Waals surface area contributed by atoms with E-state index in [1.165, 1.54) is 19.1 Å². The van der Waals surface area contributed by atoms with Crippen molar-refractivity contribution < 1.29 is 30.5 Å². The van der Waals surface area contributed by atoms with Crippen LogP contribution in [0.5, 0.6) is 0 Å². The van der Waals surface area contributed by atoms with Gasteiger partial charge in [0.2, 0.25) is 0 Å².